The maximum absolute atomic E-state index is 9.37. The zero-order valence-electron chi connectivity index (χ0n) is 7.52. The zero-order chi connectivity index (χ0) is 8.91. The van der Waals surface area contributed by atoms with Gasteiger partial charge in [0.1, 0.15) is 5.60 Å². The highest BCUT2D eigenvalue weighted by Crippen LogP contribution is 2.11. The van der Waals surface area contributed by atoms with Crippen molar-refractivity contribution in [2.75, 3.05) is 0 Å². The molecule has 1 atom stereocenters. The van der Waals surface area contributed by atoms with Gasteiger partial charge in [-0.05, 0) is 33.6 Å². The molecule has 62 valence electrons. The molecule has 0 bridgehead atoms. The smallest absolute Gasteiger partial charge is 0.122 e. The molecule has 1 heteroatoms. The molecule has 1 nitrogen and oxygen atoms in total. The quantitative estimate of drug-likeness (QED) is 0.485. The van der Waals surface area contributed by atoms with E-state index in [1.54, 1.807) is 6.92 Å². The molecule has 0 aromatic heterocycles. The van der Waals surface area contributed by atoms with Gasteiger partial charge in [-0.25, -0.2) is 0 Å². The van der Waals surface area contributed by atoms with Gasteiger partial charge in [0.25, 0.3) is 0 Å². The first kappa shape index (κ1) is 10.3. The number of hydrogen-bond donors (Lipinski definition) is 1. The van der Waals surface area contributed by atoms with Gasteiger partial charge >= 0.3 is 0 Å². The largest absolute Gasteiger partial charge is 0.378 e. The van der Waals surface area contributed by atoms with Crippen LogP contribution in [0.1, 0.15) is 33.6 Å². The van der Waals surface area contributed by atoms with E-state index >= 15 is 0 Å². The molecule has 0 heterocycles. The molecule has 0 aromatic carbocycles. The standard InChI is InChI=1S/C10H16O/c1-5-10(4,11)8-6-7-9(2)3/h1,7,11H,6,8H2,2-4H3/t10-/m0/s1. The average molecular weight is 152 g/mol. The Labute approximate surface area is 69.1 Å². The van der Waals surface area contributed by atoms with Crippen LogP contribution in [0.2, 0.25) is 0 Å². The van der Waals surface area contributed by atoms with Crippen LogP contribution in [0.25, 0.3) is 0 Å². The Balaban J connectivity index is 3.74. The molecule has 0 aliphatic rings. The van der Waals surface area contributed by atoms with Crippen LogP contribution in [0.4, 0.5) is 0 Å². The van der Waals surface area contributed by atoms with Gasteiger partial charge in [-0.15, -0.1) is 6.42 Å². The first-order chi connectivity index (χ1) is 4.98. The normalized spacial score (nSPS) is 14.8. The van der Waals surface area contributed by atoms with E-state index in [2.05, 4.69) is 12.0 Å². The van der Waals surface area contributed by atoms with Gasteiger partial charge in [0.15, 0.2) is 0 Å². The number of allylic oxidation sites excluding steroid dienone is 2. The number of aliphatic hydroxyl groups is 1. The lowest BCUT2D eigenvalue weighted by molar-refractivity contribution is 0.113. The minimum Gasteiger partial charge on any atom is -0.378 e. The second kappa shape index (κ2) is 4.20. The summed E-state index contributed by atoms with van der Waals surface area (Å²) in [5.74, 6) is 2.34. The summed E-state index contributed by atoms with van der Waals surface area (Å²) in [7, 11) is 0. The Morgan fingerprint density at radius 2 is 2.18 bits per heavy atom. The summed E-state index contributed by atoms with van der Waals surface area (Å²) in [6.45, 7) is 5.72. The molecule has 0 spiro atoms. The molecular formula is C10H16O. The SMILES string of the molecule is C#C[C@](C)(O)CCC=C(C)C. The second-order valence-corrected chi connectivity index (χ2v) is 3.24. The highest BCUT2D eigenvalue weighted by Gasteiger charge is 2.13. The first-order valence-electron chi connectivity index (χ1n) is 3.81. The van der Waals surface area contributed by atoms with Gasteiger partial charge in [0.05, 0.1) is 0 Å². The van der Waals surface area contributed by atoms with Gasteiger partial charge in [-0.3, -0.25) is 0 Å². The Bertz CT molecular complexity index is 178. The van der Waals surface area contributed by atoms with Crippen LogP contribution in [0.3, 0.4) is 0 Å². The molecule has 0 aliphatic carbocycles. The molecule has 0 aliphatic heterocycles. The molecule has 0 saturated carbocycles. The zero-order valence-corrected chi connectivity index (χ0v) is 7.52. The molecule has 0 aromatic rings. The molecule has 0 unspecified atom stereocenters. The Kier molecular flexibility index (Phi) is 3.92. The van der Waals surface area contributed by atoms with Gasteiger partial charge in [0.2, 0.25) is 0 Å². The van der Waals surface area contributed by atoms with E-state index in [1.165, 1.54) is 5.57 Å². The van der Waals surface area contributed by atoms with E-state index in [0.29, 0.717) is 6.42 Å². The highest BCUT2D eigenvalue weighted by molar-refractivity contribution is 5.05. The van der Waals surface area contributed by atoms with Crippen molar-refractivity contribution in [2.24, 2.45) is 0 Å². The number of terminal acetylenes is 1. The molecular weight excluding hydrogens is 136 g/mol. The maximum atomic E-state index is 9.37. The van der Waals surface area contributed by atoms with Crippen LogP contribution in [0.5, 0.6) is 0 Å². The van der Waals surface area contributed by atoms with Gasteiger partial charge in [-0.1, -0.05) is 17.6 Å². The van der Waals surface area contributed by atoms with Crippen LogP contribution < -0.4 is 0 Å². The summed E-state index contributed by atoms with van der Waals surface area (Å²) in [5.41, 5.74) is 0.323. The topological polar surface area (TPSA) is 20.2 Å². The minimum absolute atomic E-state index is 0.634. The number of hydrogen-bond acceptors (Lipinski definition) is 1. The number of rotatable bonds is 3. The minimum atomic E-state index is -0.939. The predicted molar refractivity (Wildman–Crippen MR) is 48.1 cm³/mol. The Hall–Kier alpha value is -0.740. The van der Waals surface area contributed by atoms with Crippen molar-refractivity contribution in [1.29, 1.82) is 0 Å². The van der Waals surface area contributed by atoms with Crippen molar-refractivity contribution in [2.45, 2.75) is 39.2 Å². The lowest BCUT2D eigenvalue weighted by atomic mass is 10.0. The molecule has 0 amide bonds. The van der Waals surface area contributed by atoms with Crippen LogP contribution in [0.15, 0.2) is 11.6 Å². The molecule has 0 saturated heterocycles. The van der Waals surface area contributed by atoms with Crippen molar-refractivity contribution in [1.82, 2.24) is 0 Å². The summed E-state index contributed by atoms with van der Waals surface area (Å²) in [5, 5.41) is 9.37. The molecule has 0 rings (SSSR count). The second-order valence-electron chi connectivity index (χ2n) is 3.24. The third-order valence-electron chi connectivity index (χ3n) is 1.49. The van der Waals surface area contributed by atoms with Crippen LogP contribution in [0, 0.1) is 12.3 Å². The van der Waals surface area contributed by atoms with Gasteiger partial charge < -0.3 is 5.11 Å². The summed E-state index contributed by atoms with van der Waals surface area (Å²) in [4.78, 5) is 0. The first-order valence-corrected chi connectivity index (χ1v) is 3.81. The van der Waals surface area contributed by atoms with E-state index in [-0.39, 0.29) is 0 Å². The van der Waals surface area contributed by atoms with E-state index in [9.17, 15) is 5.11 Å². The summed E-state index contributed by atoms with van der Waals surface area (Å²) in [6.07, 6.45) is 8.66. The van der Waals surface area contributed by atoms with E-state index in [0.717, 1.165) is 6.42 Å². The Morgan fingerprint density at radius 3 is 2.55 bits per heavy atom. The van der Waals surface area contributed by atoms with E-state index in [4.69, 9.17) is 6.42 Å². The van der Waals surface area contributed by atoms with Crippen LogP contribution >= 0.6 is 0 Å². The summed E-state index contributed by atoms with van der Waals surface area (Å²) < 4.78 is 0. The van der Waals surface area contributed by atoms with Crippen LogP contribution in [-0.2, 0) is 0 Å². The van der Waals surface area contributed by atoms with Crippen molar-refractivity contribution in [3.63, 3.8) is 0 Å². The fraction of sp³-hybridized carbons (Fsp3) is 0.600. The average Bonchev–Trinajstić information content (AvgIpc) is 1.87. The van der Waals surface area contributed by atoms with Crippen molar-refractivity contribution in [3.05, 3.63) is 11.6 Å². The van der Waals surface area contributed by atoms with Gasteiger partial charge in [-0.2, -0.15) is 0 Å². The molecule has 11 heavy (non-hydrogen) atoms. The summed E-state index contributed by atoms with van der Waals surface area (Å²) in [6, 6.07) is 0. The maximum Gasteiger partial charge on any atom is 0.122 e. The Morgan fingerprint density at radius 1 is 1.64 bits per heavy atom. The van der Waals surface area contributed by atoms with Crippen LogP contribution in [-0.4, -0.2) is 10.7 Å². The van der Waals surface area contributed by atoms with E-state index in [1.807, 2.05) is 13.8 Å². The van der Waals surface area contributed by atoms with Crippen molar-refractivity contribution < 1.29 is 5.11 Å². The fourth-order valence-electron chi connectivity index (χ4n) is 0.714. The highest BCUT2D eigenvalue weighted by atomic mass is 16.3. The molecule has 1 N–H and O–H groups in total. The van der Waals surface area contributed by atoms with Gasteiger partial charge in [0, 0.05) is 0 Å². The molecule has 0 radical (unpaired) electrons. The summed E-state index contributed by atoms with van der Waals surface area (Å²) >= 11 is 0. The molecule has 0 fully saturated rings. The lowest BCUT2D eigenvalue weighted by Crippen LogP contribution is -2.20. The fourth-order valence-corrected chi connectivity index (χ4v) is 0.714. The third kappa shape index (κ3) is 5.69. The predicted octanol–water partition coefficient (Wildman–Crippen LogP) is 2.12. The van der Waals surface area contributed by atoms with Crippen molar-refractivity contribution >= 4 is 0 Å². The third-order valence-corrected chi connectivity index (χ3v) is 1.49. The monoisotopic (exact) mass is 152 g/mol. The van der Waals surface area contributed by atoms with Crippen molar-refractivity contribution in [3.8, 4) is 12.3 Å². The lowest BCUT2D eigenvalue weighted by Gasteiger charge is -2.13. The van der Waals surface area contributed by atoms with E-state index < -0.39 is 5.60 Å².